The molecule has 19 heavy (non-hydrogen) atoms. The van der Waals surface area contributed by atoms with Crippen LogP contribution in [0.25, 0.3) is 0 Å². The summed E-state index contributed by atoms with van der Waals surface area (Å²) in [6.07, 6.45) is 1.10. The smallest absolute Gasteiger partial charge is 0.127 e. The van der Waals surface area contributed by atoms with Gasteiger partial charge in [-0.1, -0.05) is 54.9 Å². The van der Waals surface area contributed by atoms with Crippen LogP contribution >= 0.6 is 11.6 Å². The second-order valence-corrected chi connectivity index (χ2v) is 5.16. The normalized spacial score (nSPS) is 14.1. The van der Waals surface area contributed by atoms with Crippen molar-refractivity contribution in [1.29, 1.82) is 0 Å². The molecule has 0 amide bonds. The average Bonchev–Trinajstić information content (AvgIpc) is 2.44. The predicted molar refractivity (Wildman–Crippen MR) is 77.7 cm³/mol. The van der Waals surface area contributed by atoms with Crippen LogP contribution in [0.1, 0.15) is 24.5 Å². The fourth-order valence-electron chi connectivity index (χ4n) is 2.22. The Morgan fingerprint density at radius 2 is 1.79 bits per heavy atom. The van der Waals surface area contributed by atoms with Gasteiger partial charge in [0.15, 0.2) is 0 Å². The van der Waals surface area contributed by atoms with Gasteiger partial charge in [-0.3, -0.25) is 0 Å². The minimum atomic E-state index is -0.604. The molecule has 1 atom stereocenters. The van der Waals surface area contributed by atoms with Gasteiger partial charge in [0.25, 0.3) is 0 Å². The lowest BCUT2D eigenvalue weighted by molar-refractivity contribution is 0.416. The molecule has 100 valence electrons. The summed E-state index contributed by atoms with van der Waals surface area (Å²) >= 11 is 6.08. The van der Waals surface area contributed by atoms with Crippen molar-refractivity contribution >= 4 is 11.6 Å². The molecule has 0 fully saturated rings. The van der Waals surface area contributed by atoms with E-state index in [9.17, 15) is 4.39 Å². The summed E-state index contributed by atoms with van der Waals surface area (Å²) in [5.41, 5.74) is 7.34. The highest BCUT2D eigenvalue weighted by Gasteiger charge is 2.27. The van der Waals surface area contributed by atoms with Crippen LogP contribution in [-0.2, 0) is 12.0 Å². The average molecular weight is 278 g/mol. The molecule has 3 heteroatoms. The summed E-state index contributed by atoms with van der Waals surface area (Å²) < 4.78 is 13.9. The van der Waals surface area contributed by atoms with Crippen LogP contribution in [0.3, 0.4) is 0 Å². The van der Waals surface area contributed by atoms with Crippen molar-refractivity contribution in [3.05, 3.63) is 70.5 Å². The molecule has 0 aliphatic carbocycles. The highest BCUT2D eigenvalue weighted by Crippen LogP contribution is 2.30. The zero-order valence-electron chi connectivity index (χ0n) is 10.9. The second kappa shape index (κ2) is 5.72. The van der Waals surface area contributed by atoms with E-state index in [1.54, 1.807) is 12.1 Å². The third kappa shape index (κ3) is 2.96. The van der Waals surface area contributed by atoms with E-state index in [4.69, 9.17) is 17.3 Å². The first kappa shape index (κ1) is 14.0. The minimum absolute atomic E-state index is 0.299. The van der Waals surface area contributed by atoms with Crippen molar-refractivity contribution in [3.63, 3.8) is 0 Å². The van der Waals surface area contributed by atoms with Gasteiger partial charge in [0.05, 0.1) is 0 Å². The maximum atomic E-state index is 13.9. The first-order valence-electron chi connectivity index (χ1n) is 6.34. The first-order chi connectivity index (χ1) is 9.07. The Kier molecular flexibility index (Phi) is 4.23. The zero-order valence-corrected chi connectivity index (χ0v) is 11.6. The number of hydrogen-bond acceptors (Lipinski definition) is 1. The third-order valence-corrected chi connectivity index (χ3v) is 3.89. The lowest BCUT2D eigenvalue weighted by atomic mass is 9.82. The molecule has 2 rings (SSSR count). The van der Waals surface area contributed by atoms with E-state index in [1.807, 2.05) is 37.3 Å². The van der Waals surface area contributed by atoms with E-state index in [0.29, 0.717) is 23.4 Å². The number of hydrogen-bond donors (Lipinski definition) is 1. The molecule has 2 N–H and O–H groups in total. The van der Waals surface area contributed by atoms with Crippen molar-refractivity contribution in [2.75, 3.05) is 0 Å². The van der Waals surface area contributed by atoms with Gasteiger partial charge < -0.3 is 5.73 Å². The number of rotatable bonds is 4. The Balaban J connectivity index is 2.39. The van der Waals surface area contributed by atoms with Crippen LogP contribution < -0.4 is 5.73 Å². The molecule has 0 saturated heterocycles. The third-order valence-electron chi connectivity index (χ3n) is 3.53. The fourth-order valence-corrected chi connectivity index (χ4v) is 2.45. The molecule has 0 spiro atoms. The van der Waals surface area contributed by atoms with E-state index in [1.165, 1.54) is 6.07 Å². The van der Waals surface area contributed by atoms with Crippen molar-refractivity contribution in [2.45, 2.75) is 25.3 Å². The van der Waals surface area contributed by atoms with E-state index >= 15 is 0 Å². The largest absolute Gasteiger partial charge is 0.321 e. The molecule has 0 saturated carbocycles. The molecule has 2 aromatic carbocycles. The molecule has 0 radical (unpaired) electrons. The van der Waals surface area contributed by atoms with Crippen LogP contribution in [-0.4, -0.2) is 0 Å². The lowest BCUT2D eigenvalue weighted by Gasteiger charge is -2.29. The second-order valence-electron chi connectivity index (χ2n) is 4.75. The van der Waals surface area contributed by atoms with Crippen molar-refractivity contribution in [3.8, 4) is 0 Å². The van der Waals surface area contributed by atoms with Gasteiger partial charge in [-0.05, 0) is 30.5 Å². The molecule has 0 bridgehead atoms. The molecule has 0 heterocycles. The molecule has 0 aliphatic heterocycles. The monoisotopic (exact) mass is 277 g/mol. The van der Waals surface area contributed by atoms with E-state index < -0.39 is 5.54 Å². The SMILES string of the molecule is CCC(N)(Cc1c(F)cccc1Cl)c1ccccc1. The first-order valence-corrected chi connectivity index (χ1v) is 6.72. The van der Waals surface area contributed by atoms with Gasteiger partial charge in [0.1, 0.15) is 5.82 Å². The lowest BCUT2D eigenvalue weighted by Crippen LogP contribution is -2.38. The van der Waals surface area contributed by atoms with Gasteiger partial charge in [0.2, 0.25) is 0 Å². The van der Waals surface area contributed by atoms with Crippen molar-refractivity contribution in [2.24, 2.45) is 5.73 Å². The van der Waals surface area contributed by atoms with Gasteiger partial charge in [-0.15, -0.1) is 0 Å². The molecular formula is C16H17ClFN. The summed E-state index contributed by atoms with van der Waals surface area (Å²) in [6.45, 7) is 2.00. The quantitative estimate of drug-likeness (QED) is 0.887. The Hall–Kier alpha value is -1.38. The van der Waals surface area contributed by atoms with Crippen LogP contribution in [0.4, 0.5) is 4.39 Å². The topological polar surface area (TPSA) is 26.0 Å². The molecule has 0 aliphatic rings. The minimum Gasteiger partial charge on any atom is -0.321 e. The summed E-state index contributed by atoms with van der Waals surface area (Å²) in [5.74, 6) is -0.299. The molecular weight excluding hydrogens is 261 g/mol. The highest BCUT2D eigenvalue weighted by atomic mass is 35.5. The molecule has 2 aromatic rings. The Morgan fingerprint density at radius 1 is 1.11 bits per heavy atom. The number of nitrogens with two attached hydrogens (primary N) is 1. The molecule has 1 unspecified atom stereocenters. The summed E-state index contributed by atoms with van der Waals surface area (Å²) in [4.78, 5) is 0. The molecule has 1 nitrogen and oxygen atoms in total. The van der Waals surface area contributed by atoms with E-state index in [0.717, 1.165) is 5.56 Å². The van der Waals surface area contributed by atoms with Crippen molar-refractivity contribution < 1.29 is 4.39 Å². The summed E-state index contributed by atoms with van der Waals surface area (Å²) in [7, 11) is 0. The van der Waals surface area contributed by atoms with Crippen LogP contribution in [0.2, 0.25) is 5.02 Å². The fraction of sp³-hybridized carbons (Fsp3) is 0.250. The van der Waals surface area contributed by atoms with Gasteiger partial charge in [0, 0.05) is 16.1 Å². The number of halogens is 2. The van der Waals surface area contributed by atoms with Crippen LogP contribution in [0.15, 0.2) is 48.5 Å². The summed E-state index contributed by atoms with van der Waals surface area (Å²) in [5, 5.41) is 0.430. The zero-order chi connectivity index (χ0) is 13.9. The number of benzene rings is 2. The Labute approximate surface area is 118 Å². The summed E-state index contributed by atoms with van der Waals surface area (Å²) in [6, 6.07) is 14.5. The van der Waals surface area contributed by atoms with Crippen LogP contribution in [0.5, 0.6) is 0 Å². The standard InChI is InChI=1S/C16H17ClFN/c1-2-16(19,12-7-4-3-5-8-12)11-13-14(17)9-6-10-15(13)18/h3-10H,2,11,19H2,1H3. The highest BCUT2D eigenvalue weighted by molar-refractivity contribution is 6.31. The van der Waals surface area contributed by atoms with Gasteiger partial charge >= 0.3 is 0 Å². The molecule has 0 aromatic heterocycles. The van der Waals surface area contributed by atoms with Crippen molar-refractivity contribution in [1.82, 2.24) is 0 Å². The Morgan fingerprint density at radius 3 is 2.37 bits per heavy atom. The van der Waals surface area contributed by atoms with Gasteiger partial charge in [-0.25, -0.2) is 4.39 Å². The maximum Gasteiger partial charge on any atom is 0.127 e. The Bertz CT molecular complexity index is 536. The predicted octanol–water partition coefficient (Wildman–Crippen LogP) is 4.29. The van der Waals surface area contributed by atoms with E-state index in [2.05, 4.69) is 0 Å². The maximum absolute atomic E-state index is 13.9. The van der Waals surface area contributed by atoms with Crippen LogP contribution in [0, 0.1) is 5.82 Å². The van der Waals surface area contributed by atoms with E-state index in [-0.39, 0.29) is 5.82 Å². The van der Waals surface area contributed by atoms with Gasteiger partial charge in [-0.2, -0.15) is 0 Å².